The average molecular weight is 206 g/mol. The largest absolute Gasteiger partial charge is 0.459 e. The van der Waals surface area contributed by atoms with E-state index < -0.39 is 0 Å². The molecule has 15 heavy (non-hydrogen) atoms. The molecule has 0 heterocycles. The number of carbonyl (C=O) groups is 1. The van der Waals surface area contributed by atoms with Crippen molar-refractivity contribution < 1.29 is 9.53 Å². The number of unbranched alkanes of at least 4 members (excludes halogenated alkanes) is 1. The van der Waals surface area contributed by atoms with Crippen molar-refractivity contribution in [3.8, 4) is 0 Å². The second-order valence-electron chi connectivity index (χ2n) is 3.72. The third-order valence-electron chi connectivity index (χ3n) is 2.28. The standard InChI is InChI=1S/C13H18O2/c1-3-4-8-11(2)15-13(14)12-9-6-5-7-10-12/h5-7,9-11H,3-4,8H2,1-2H3/t11-/m1/s1. The van der Waals surface area contributed by atoms with Crippen molar-refractivity contribution in [2.24, 2.45) is 0 Å². The molecule has 0 spiro atoms. The van der Waals surface area contributed by atoms with Crippen LogP contribution in [0.3, 0.4) is 0 Å². The summed E-state index contributed by atoms with van der Waals surface area (Å²) < 4.78 is 5.30. The molecular weight excluding hydrogens is 188 g/mol. The van der Waals surface area contributed by atoms with Gasteiger partial charge in [-0.05, 0) is 25.5 Å². The van der Waals surface area contributed by atoms with Crippen LogP contribution >= 0.6 is 0 Å². The van der Waals surface area contributed by atoms with Crippen LogP contribution in [0.25, 0.3) is 0 Å². The maximum absolute atomic E-state index is 11.6. The predicted octanol–water partition coefficient (Wildman–Crippen LogP) is 3.42. The highest BCUT2D eigenvalue weighted by molar-refractivity contribution is 5.89. The van der Waals surface area contributed by atoms with Crippen LogP contribution in [0.15, 0.2) is 30.3 Å². The quantitative estimate of drug-likeness (QED) is 0.690. The topological polar surface area (TPSA) is 26.3 Å². The Hall–Kier alpha value is -1.31. The Labute approximate surface area is 91.3 Å². The molecule has 0 aliphatic carbocycles. The van der Waals surface area contributed by atoms with Gasteiger partial charge in [0.25, 0.3) is 0 Å². The molecule has 0 aliphatic heterocycles. The van der Waals surface area contributed by atoms with Crippen LogP contribution in [0.1, 0.15) is 43.5 Å². The highest BCUT2D eigenvalue weighted by Gasteiger charge is 2.10. The van der Waals surface area contributed by atoms with Crippen LogP contribution < -0.4 is 0 Å². The molecule has 0 aliphatic rings. The Bertz CT molecular complexity index is 293. The molecule has 1 aromatic carbocycles. The average Bonchev–Trinajstić information content (AvgIpc) is 2.27. The minimum Gasteiger partial charge on any atom is -0.459 e. The molecule has 0 saturated heterocycles. The van der Waals surface area contributed by atoms with Crippen LogP contribution in [-0.4, -0.2) is 12.1 Å². The lowest BCUT2D eigenvalue weighted by Crippen LogP contribution is -2.14. The van der Waals surface area contributed by atoms with E-state index >= 15 is 0 Å². The highest BCUT2D eigenvalue weighted by Crippen LogP contribution is 2.08. The van der Waals surface area contributed by atoms with Crippen LogP contribution in [0.5, 0.6) is 0 Å². The molecule has 0 saturated carbocycles. The molecule has 0 unspecified atom stereocenters. The van der Waals surface area contributed by atoms with Gasteiger partial charge in [-0.15, -0.1) is 0 Å². The first kappa shape index (κ1) is 11.8. The molecule has 0 bridgehead atoms. The van der Waals surface area contributed by atoms with E-state index in [1.54, 1.807) is 12.1 Å². The minimum atomic E-state index is -0.223. The van der Waals surface area contributed by atoms with E-state index in [0.29, 0.717) is 5.56 Å². The van der Waals surface area contributed by atoms with Gasteiger partial charge in [0, 0.05) is 0 Å². The zero-order valence-electron chi connectivity index (χ0n) is 9.40. The Morgan fingerprint density at radius 1 is 1.33 bits per heavy atom. The van der Waals surface area contributed by atoms with E-state index in [4.69, 9.17) is 4.74 Å². The fourth-order valence-corrected chi connectivity index (χ4v) is 1.38. The molecule has 0 aromatic heterocycles. The van der Waals surface area contributed by atoms with Crippen molar-refractivity contribution in [3.05, 3.63) is 35.9 Å². The van der Waals surface area contributed by atoms with E-state index in [1.807, 2.05) is 25.1 Å². The molecule has 0 radical (unpaired) electrons. The Balaban J connectivity index is 2.42. The number of hydrogen-bond acceptors (Lipinski definition) is 2. The van der Waals surface area contributed by atoms with E-state index in [0.717, 1.165) is 19.3 Å². The Morgan fingerprint density at radius 3 is 2.60 bits per heavy atom. The number of rotatable bonds is 5. The molecule has 2 heteroatoms. The summed E-state index contributed by atoms with van der Waals surface area (Å²) in [7, 11) is 0. The van der Waals surface area contributed by atoms with Gasteiger partial charge in [0.1, 0.15) is 0 Å². The molecular formula is C13H18O2. The number of benzene rings is 1. The molecule has 1 rings (SSSR count). The second kappa shape index (κ2) is 6.23. The SMILES string of the molecule is CCCC[C@@H](C)OC(=O)c1ccccc1. The van der Waals surface area contributed by atoms with Crippen LogP contribution in [0, 0.1) is 0 Å². The molecule has 2 nitrogen and oxygen atoms in total. The summed E-state index contributed by atoms with van der Waals surface area (Å²) in [5, 5.41) is 0. The normalized spacial score (nSPS) is 12.1. The van der Waals surface area contributed by atoms with Gasteiger partial charge in [-0.1, -0.05) is 38.0 Å². The molecule has 0 fully saturated rings. The van der Waals surface area contributed by atoms with Crippen molar-refractivity contribution in [1.82, 2.24) is 0 Å². The van der Waals surface area contributed by atoms with Gasteiger partial charge in [0.15, 0.2) is 0 Å². The summed E-state index contributed by atoms with van der Waals surface area (Å²) in [6, 6.07) is 9.11. The van der Waals surface area contributed by atoms with Gasteiger partial charge < -0.3 is 4.74 Å². The molecule has 0 amide bonds. The van der Waals surface area contributed by atoms with Crippen LogP contribution in [0.4, 0.5) is 0 Å². The van der Waals surface area contributed by atoms with Crippen LogP contribution in [0.2, 0.25) is 0 Å². The molecule has 0 N–H and O–H groups in total. The maximum atomic E-state index is 11.6. The first-order valence-electron chi connectivity index (χ1n) is 5.50. The van der Waals surface area contributed by atoms with Gasteiger partial charge in [0.05, 0.1) is 11.7 Å². The second-order valence-corrected chi connectivity index (χ2v) is 3.72. The summed E-state index contributed by atoms with van der Waals surface area (Å²) in [5.41, 5.74) is 0.626. The number of carbonyl (C=O) groups excluding carboxylic acids is 1. The lowest BCUT2D eigenvalue weighted by Gasteiger charge is -2.12. The van der Waals surface area contributed by atoms with Gasteiger partial charge in [-0.3, -0.25) is 0 Å². The maximum Gasteiger partial charge on any atom is 0.338 e. The zero-order chi connectivity index (χ0) is 11.1. The summed E-state index contributed by atoms with van der Waals surface area (Å²) in [5.74, 6) is -0.223. The predicted molar refractivity (Wildman–Crippen MR) is 60.8 cm³/mol. The van der Waals surface area contributed by atoms with E-state index in [-0.39, 0.29) is 12.1 Å². The first-order valence-corrected chi connectivity index (χ1v) is 5.50. The van der Waals surface area contributed by atoms with Gasteiger partial charge in [-0.2, -0.15) is 0 Å². The number of esters is 1. The van der Waals surface area contributed by atoms with Gasteiger partial charge in [-0.25, -0.2) is 4.79 Å². The highest BCUT2D eigenvalue weighted by atomic mass is 16.5. The third kappa shape index (κ3) is 4.15. The van der Waals surface area contributed by atoms with E-state index in [9.17, 15) is 4.79 Å². The van der Waals surface area contributed by atoms with Crippen molar-refractivity contribution >= 4 is 5.97 Å². The molecule has 1 aromatic rings. The van der Waals surface area contributed by atoms with Gasteiger partial charge in [0.2, 0.25) is 0 Å². The minimum absolute atomic E-state index is 0.0117. The van der Waals surface area contributed by atoms with Crippen molar-refractivity contribution in [3.63, 3.8) is 0 Å². The molecule has 82 valence electrons. The fourth-order valence-electron chi connectivity index (χ4n) is 1.38. The zero-order valence-corrected chi connectivity index (χ0v) is 9.40. The number of ether oxygens (including phenoxy) is 1. The summed E-state index contributed by atoms with van der Waals surface area (Å²) in [6.07, 6.45) is 3.18. The third-order valence-corrected chi connectivity index (χ3v) is 2.28. The van der Waals surface area contributed by atoms with E-state index in [1.165, 1.54) is 0 Å². The summed E-state index contributed by atoms with van der Waals surface area (Å²) >= 11 is 0. The summed E-state index contributed by atoms with van der Waals surface area (Å²) in [6.45, 7) is 4.07. The molecule has 1 atom stereocenters. The summed E-state index contributed by atoms with van der Waals surface area (Å²) in [4.78, 5) is 11.6. The first-order chi connectivity index (χ1) is 7.24. The lowest BCUT2D eigenvalue weighted by molar-refractivity contribution is 0.0320. The Kier molecular flexibility index (Phi) is 4.88. The smallest absolute Gasteiger partial charge is 0.338 e. The van der Waals surface area contributed by atoms with Gasteiger partial charge >= 0.3 is 5.97 Å². The fraction of sp³-hybridized carbons (Fsp3) is 0.462. The van der Waals surface area contributed by atoms with Crippen molar-refractivity contribution in [2.45, 2.75) is 39.2 Å². The number of hydrogen-bond donors (Lipinski definition) is 0. The lowest BCUT2D eigenvalue weighted by atomic mass is 10.2. The van der Waals surface area contributed by atoms with Crippen LogP contribution in [-0.2, 0) is 4.74 Å². The Morgan fingerprint density at radius 2 is 2.00 bits per heavy atom. The monoisotopic (exact) mass is 206 g/mol. The van der Waals surface area contributed by atoms with Crippen molar-refractivity contribution in [1.29, 1.82) is 0 Å². The van der Waals surface area contributed by atoms with E-state index in [2.05, 4.69) is 6.92 Å². The van der Waals surface area contributed by atoms with Crippen molar-refractivity contribution in [2.75, 3.05) is 0 Å².